The number of benzene rings is 1. The van der Waals surface area contributed by atoms with E-state index in [0.29, 0.717) is 17.6 Å². The van der Waals surface area contributed by atoms with Crippen LogP contribution in [0.2, 0.25) is 0 Å². The second-order valence-electron chi connectivity index (χ2n) is 4.15. The Morgan fingerprint density at radius 3 is 2.94 bits per heavy atom. The van der Waals surface area contributed by atoms with Crippen LogP contribution in [0.3, 0.4) is 0 Å². The Labute approximate surface area is 91.9 Å². The van der Waals surface area contributed by atoms with Crippen LogP contribution < -0.4 is 11.5 Å². The minimum absolute atomic E-state index is 0.0519. The van der Waals surface area contributed by atoms with Gasteiger partial charge in [-0.25, -0.2) is 4.79 Å². The Morgan fingerprint density at radius 2 is 2.31 bits per heavy atom. The van der Waals surface area contributed by atoms with Gasteiger partial charge in [0.15, 0.2) is 5.58 Å². The number of nitrogens with one attached hydrogen (secondary N) is 1. The first kappa shape index (κ1) is 10.9. The molecule has 0 spiro atoms. The third-order valence-corrected chi connectivity index (χ3v) is 2.92. The molecule has 0 aliphatic carbocycles. The van der Waals surface area contributed by atoms with E-state index >= 15 is 0 Å². The molecule has 0 fully saturated rings. The molecule has 5 nitrogen and oxygen atoms in total. The van der Waals surface area contributed by atoms with Crippen LogP contribution in [0.15, 0.2) is 27.4 Å². The summed E-state index contributed by atoms with van der Waals surface area (Å²) in [5.74, 6) is -0.481. The van der Waals surface area contributed by atoms with E-state index in [1.54, 1.807) is 12.1 Å². The van der Waals surface area contributed by atoms with Crippen molar-refractivity contribution in [2.24, 2.45) is 5.73 Å². The van der Waals surface area contributed by atoms with Crippen molar-refractivity contribution in [3.8, 4) is 0 Å². The highest BCUT2D eigenvalue weighted by Gasteiger charge is 2.24. The van der Waals surface area contributed by atoms with Crippen LogP contribution in [0.25, 0.3) is 11.1 Å². The third-order valence-electron chi connectivity index (χ3n) is 2.92. The maximum atomic E-state index is 11.0. The molecule has 1 aromatic carbocycles. The van der Waals surface area contributed by atoms with Gasteiger partial charge in [0.2, 0.25) is 0 Å². The molecule has 4 N–H and O–H groups in total. The number of oxazole rings is 1. The summed E-state index contributed by atoms with van der Waals surface area (Å²) in [6, 6.07) is 5.31. The number of hydrogen-bond acceptors (Lipinski definition) is 4. The molecule has 1 aromatic heterocycles. The summed E-state index contributed by atoms with van der Waals surface area (Å²) in [6.07, 6.45) is 0. The summed E-state index contributed by atoms with van der Waals surface area (Å²) in [5.41, 5.74) is 7.11. The maximum absolute atomic E-state index is 11.0. The maximum Gasteiger partial charge on any atom is 0.417 e. The minimum atomic E-state index is -0.510. The van der Waals surface area contributed by atoms with Gasteiger partial charge in [-0.3, -0.25) is 4.98 Å². The highest BCUT2D eigenvalue weighted by molar-refractivity contribution is 5.73. The molecule has 1 heterocycles. The fraction of sp³-hybridized carbons (Fsp3) is 0.364. The van der Waals surface area contributed by atoms with Crippen LogP contribution in [-0.2, 0) is 5.41 Å². The van der Waals surface area contributed by atoms with E-state index in [0.717, 1.165) is 5.56 Å². The zero-order valence-electron chi connectivity index (χ0n) is 8.99. The number of H-pyrrole nitrogens is 1. The van der Waals surface area contributed by atoms with E-state index < -0.39 is 11.2 Å². The Balaban J connectivity index is 2.57. The zero-order valence-corrected chi connectivity index (χ0v) is 8.99. The van der Waals surface area contributed by atoms with E-state index in [2.05, 4.69) is 4.98 Å². The average molecular weight is 222 g/mol. The highest BCUT2D eigenvalue weighted by atomic mass is 16.4. The first-order valence-corrected chi connectivity index (χ1v) is 5.03. The molecular formula is C11H14N2O3. The minimum Gasteiger partial charge on any atom is -0.408 e. The second kappa shape index (κ2) is 3.77. The predicted octanol–water partition coefficient (Wildman–Crippen LogP) is 0.330. The van der Waals surface area contributed by atoms with Crippen LogP contribution in [0.4, 0.5) is 0 Å². The van der Waals surface area contributed by atoms with Crippen LogP contribution >= 0.6 is 0 Å². The van der Waals surface area contributed by atoms with Crippen molar-refractivity contribution in [1.82, 2.24) is 4.98 Å². The Hall–Kier alpha value is -1.59. The van der Waals surface area contributed by atoms with E-state index in [9.17, 15) is 9.90 Å². The van der Waals surface area contributed by atoms with Gasteiger partial charge in [0.05, 0.1) is 12.1 Å². The van der Waals surface area contributed by atoms with Gasteiger partial charge in [-0.05, 0) is 17.7 Å². The quantitative estimate of drug-likeness (QED) is 0.697. The molecular weight excluding hydrogens is 208 g/mol. The predicted molar refractivity (Wildman–Crippen MR) is 60.3 cm³/mol. The van der Waals surface area contributed by atoms with Crippen molar-refractivity contribution < 1.29 is 9.52 Å². The average Bonchev–Trinajstić information content (AvgIpc) is 2.67. The van der Waals surface area contributed by atoms with Gasteiger partial charge in [-0.2, -0.15) is 0 Å². The fourth-order valence-electron chi connectivity index (χ4n) is 1.59. The van der Waals surface area contributed by atoms with Crippen LogP contribution in [-0.4, -0.2) is 23.2 Å². The molecule has 0 saturated carbocycles. The lowest BCUT2D eigenvalue weighted by atomic mass is 9.83. The Morgan fingerprint density at radius 1 is 1.56 bits per heavy atom. The lowest BCUT2D eigenvalue weighted by Gasteiger charge is -2.25. The molecule has 0 amide bonds. The molecule has 0 radical (unpaired) electrons. The number of aliphatic hydroxyl groups excluding tert-OH is 1. The molecule has 0 bridgehead atoms. The molecule has 1 atom stereocenters. The van der Waals surface area contributed by atoms with E-state index in [-0.39, 0.29) is 6.61 Å². The number of nitrogens with two attached hydrogens (primary N) is 1. The number of rotatable bonds is 3. The summed E-state index contributed by atoms with van der Waals surface area (Å²) in [7, 11) is 0. The molecule has 16 heavy (non-hydrogen) atoms. The van der Waals surface area contributed by atoms with Crippen molar-refractivity contribution >= 4 is 11.1 Å². The van der Waals surface area contributed by atoms with E-state index in [1.165, 1.54) is 0 Å². The monoisotopic (exact) mass is 222 g/mol. The molecule has 5 heteroatoms. The molecule has 2 rings (SSSR count). The molecule has 2 aromatic rings. The molecule has 0 aliphatic heterocycles. The van der Waals surface area contributed by atoms with Gasteiger partial charge in [0.25, 0.3) is 0 Å². The number of fused-ring (bicyclic) bond motifs is 1. The topological polar surface area (TPSA) is 92.2 Å². The Bertz CT molecular complexity index is 552. The smallest absolute Gasteiger partial charge is 0.408 e. The van der Waals surface area contributed by atoms with Crippen LogP contribution in [0.5, 0.6) is 0 Å². The molecule has 1 unspecified atom stereocenters. The van der Waals surface area contributed by atoms with Crippen molar-refractivity contribution in [2.75, 3.05) is 13.2 Å². The standard InChI is InChI=1S/C11H14N2O3/c1-11(5-12,6-14)7-2-3-8-9(4-7)16-10(15)13-8/h2-4,14H,5-6,12H2,1H3,(H,13,15). The molecule has 0 aliphatic rings. The fourth-order valence-corrected chi connectivity index (χ4v) is 1.59. The van der Waals surface area contributed by atoms with Crippen molar-refractivity contribution in [3.63, 3.8) is 0 Å². The first-order chi connectivity index (χ1) is 7.59. The Kier molecular flexibility index (Phi) is 2.57. The van der Waals surface area contributed by atoms with E-state index in [4.69, 9.17) is 10.2 Å². The van der Waals surface area contributed by atoms with Crippen LogP contribution in [0.1, 0.15) is 12.5 Å². The second-order valence-corrected chi connectivity index (χ2v) is 4.15. The SMILES string of the molecule is CC(CN)(CO)c1ccc2[nH]c(=O)oc2c1. The summed E-state index contributed by atoms with van der Waals surface area (Å²) in [4.78, 5) is 13.5. The van der Waals surface area contributed by atoms with Gasteiger partial charge in [-0.1, -0.05) is 13.0 Å². The molecule has 0 saturated heterocycles. The normalized spacial score (nSPS) is 15.2. The molecule has 86 valence electrons. The first-order valence-electron chi connectivity index (χ1n) is 5.03. The van der Waals surface area contributed by atoms with Crippen LogP contribution in [0, 0.1) is 0 Å². The lowest BCUT2D eigenvalue weighted by Crippen LogP contribution is -2.35. The zero-order chi connectivity index (χ0) is 11.8. The van der Waals surface area contributed by atoms with Crippen molar-refractivity contribution in [2.45, 2.75) is 12.3 Å². The number of aromatic amines is 1. The van der Waals surface area contributed by atoms with E-state index in [1.807, 2.05) is 13.0 Å². The summed E-state index contributed by atoms with van der Waals surface area (Å²) < 4.78 is 4.96. The van der Waals surface area contributed by atoms with Crippen molar-refractivity contribution in [3.05, 3.63) is 34.3 Å². The number of aromatic nitrogens is 1. The highest BCUT2D eigenvalue weighted by Crippen LogP contribution is 2.24. The van der Waals surface area contributed by atoms with Gasteiger partial charge >= 0.3 is 5.76 Å². The third kappa shape index (κ3) is 1.64. The number of aliphatic hydroxyl groups is 1. The summed E-state index contributed by atoms with van der Waals surface area (Å²) in [5, 5.41) is 9.34. The van der Waals surface area contributed by atoms with Gasteiger partial charge in [0, 0.05) is 12.0 Å². The van der Waals surface area contributed by atoms with Gasteiger partial charge in [0.1, 0.15) is 0 Å². The lowest BCUT2D eigenvalue weighted by molar-refractivity contribution is 0.210. The number of hydrogen-bond donors (Lipinski definition) is 3. The summed E-state index contributed by atoms with van der Waals surface area (Å²) >= 11 is 0. The van der Waals surface area contributed by atoms with Gasteiger partial charge < -0.3 is 15.3 Å². The largest absolute Gasteiger partial charge is 0.417 e. The van der Waals surface area contributed by atoms with Crippen molar-refractivity contribution in [1.29, 1.82) is 0 Å². The van der Waals surface area contributed by atoms with Gasteiger partial charge in [-0.15, -0.1) is 0 Å². The summed E-state index contributed by atoms with van der Waals surface area (Å²) in [6.45, 7) is 2.13.